The molecule has 3 heteroatoms. The van der Waals surface area contributed by atoms with Crippen LogP contribution >= 0.6 is 0 Å². The van der Waals surface area contributed by atoms with Gasteiger partial charge in [0.2, 0.25) is 0 Å². The highest BCUT2D eigenvalue weighted by atomic mass is 16.5. The summed E-state index contributed by atoms with van der Waals surface area (Å²) in [5.74, 6) is 1.30. The molecule has 1 saturated carbocycles. The number of benzene rings is 2. The summed E-state index contributed by atoms with van der Waals surface area (Å²) in [6.07, 6.45) is 1.10. The van der Waals surface area contributed by atoms with E-state index in [9.17, 15) is 0 Å². The minimum absolute atomic E-state index is 0.400. The predicted molar refractivity (Wildman–Crippen MR) is 78.9 cm³/mol. The molecule has 0 saturated heterocycles. The van der Waals surface area contributed by atoms with Crippen molar-refractivity contribution >= 4 is 5.69 Å². The Kier molecular flexibility index (Phi) is 3.30. The van der Waals surface area contributed by atoms with Gasteiger partial charge in [0.25, 0.3) is 0 Å². The Hall–Kier alpha value is -2.47. The topological polar surface area (TPSA) is 45.0 Å². The number of hydrogen-bond acceptors (Lipinski definition) is 3. The normalized spacial score (nSPS) is 20.0. The largest absolute Gasteiger partial charge is 0.497 e. The summed E-state index contributed by atoms with van der Waals surface area (Å²) in [5, 5.41) is 12.6. The fourth-order valence-corrected chi connectivity index (χ4v) is 2.49. The maximum atomic E-state index is 9.17. The van der Waals surface area contributed by atoms with Gasteiger partial charge in [0, 0.05) is 18.0 Å². The van der Waals surface area contributed by atoms with E-state index >= 15 is 0 Å². The first-order valence-electron chi connectivity index (χ1n) is 6.71. The standard InChI is InChI=1S/C17H16N2O/c1-20-14-8-7-13(11-18)16(9-14)19-17-10-15(17)12-5-3-2-4-6-12/h2-9,15,17,19H,10H2,1H3. The Morgan fingerprint density at radius 1 is 1.20 bits per heavy atom. The van der Waals surface area contributed by atoms with Crippen LogP contribution < -0.4 is 10.1 Å². The number of ether oxygens (including phenoxy) is 1. The lowest BCUT2D eigenvalue weighted by Crippen LogP contribution is -2.06. The molecule has 0 aromatic heterocycles. The second kappa shape index (κ2) is 5.26. The number of rotatable bonds is 4. The maximum absolute atomic E-state index is 9.17. The van der Waals surface area contributed by atoms with Crippen molar-refractivity contribution in [3.8, 4) is 11.8 Å². The van der Waals surface area contributed by atoms with Crippen molar-refractivity contribution in [3.63, 3.8) is 0 Å². The Bertz CT molecular complexity index is 646. The molecule has 0 bridgehead atoms. The average Bonchev–Trinajstić information content (AvgIpc) is 3.27. The molecule has 20 heavy (non-hydrogen) atoms. The van der Waals surface area contributed by atoms with Gasteiger partial charge in [-0.05, 0) is 24.1 Å². The number of nitrogens with zero attached hydrogens (tertiary/aromatic N) is 1. The van der Waals surface area contributed by atoms with Crippen LogP contribution in [0.3, 0.4) is 0 Å². The molecule has 1 aliphatic rings. The van der Waals surface area contributed by atoms with Crippen molar-refractivity contribution in [2.75, 3.05) is 12.4 Å². The van der Waals surface area contributed by atoms with E-state index in [1.165, 1.54) is 5.56 Å². The Balaban J connectivity index is 1.75. The van der Waals surface area contributed by atoms with E-state index in [0.29, 0.717) is 17.5 Å². The van der Waals surface area contributed by atoms with Crippen LogP contribution in [0.1, 0.15) is 23.5 Å². The van der Waals surface area contributed by atoms with Gasteiger partial charge in [-0.25, -0.2) is 0 Å². The highest BCUT2D eigenvalue weighted by Crippen LogP contribution is 2.43. The first-order chi connectivity index (χ1) is 9.81. The Morgan fingerprint density at radius 2 is 2.00 bits per heavy atom. The van der Waals surface area contributed by atoms with Crippen molar-refractivity contribution in [2.45, 2.75) is 18.4 Å². The Morgan fingerprint density at radius 3 is 2.70 bits per heavy atom. The molecule has 0 aliphatic heterocycles. The van der Waals surface area contributed by atoms with Crippen molar-refractivity contribution < 1.29 is 4.74 Å². The summed E-state index contributed by atoms with van der Waals surface area (Å²) < 4.78 is 5.22. The zero-order valence-corrected chi connectivity index (χ0v) is 11.3. The van der Waals surface area contributed by atoms with E-state index < -0.39 is 0 Å². The predicted octanol–water partition coefficient (Wildman–Crippen LogP) is 3.53. The number of nitriles is 1. The molecule has 3 rings (SSSR count). The van der Waals surface area contributed by atoms with Crippen LogP contribution in [0.2, 0.25) is 0 Å². The molecule has 0 radical (unpaired) electrons. The smallest absolute Gasteiger partial charge is 0.121 e. The average molecular weight is 264 g/mol. The van der Waals surface area contributed by atoms with Crippen molar-refractivity contribution in [1.82, 2.24) is 0 Å². The van der Waals surface area contributed by atoms with Crippen molar-refractivity contribution in [2.24, 2.45) is 0 Å². The van der Waals surface area contributed by atoms with Crippen molar-refractivity contribution in [1.29, 1.82) is 5.26 Å². The van der Waals surface area contributed by atoms with Gasteiger partial charge in [-0.3, -0.25) is 0 Å². The van der Waals surface area contributed by atoms with Gasteiger partial charge >= 0.3 is 0 Å². The van der Waals surface area contributed by atoms with E-state index in [-0.39, 0.29) is 0 Å². The molecule has 3 nitrogen and oxygen atoms in total. The van der Waals surface area contributed by atoms with E-state index in [2.05, 4.69) is 35.7 Å². The Labute approximate surface area is 118 Å². The molecule has 0 spiro atoms. The number of hydrogen-bond donors (Lipinski definition) is 1. The molecule has 1 fully saturated rings. The molecular formula is C17H16N2O. The fourth-order valence-electron chi connectivity index (χ4n) is 2.49. The summed E-state index contributed by atoms with van der Waals surface area (Å²) >= 11 is 0. The second-order valence-electron chi connectivity index (χ2n) is 5.03. The third-order valence-electron chi connectivity index (χ3n) is 3.71. The SMILES string of the molecule is COc1ccc(C#N)c(NC2CC2c2ccccc2)c1. The van der Waals surface area contributed by atoms with E-state index in [1.54, 1.807) is 13.2 Å². The van der Waals surface area contributed by atoms with Gasteiger partial charge in [0.15, 0.2) is 0 Å². The van der Waals surface area contributed by atoms with Crippen LogP contribution in [0.15, 0.2) is 48.5 Å². The highest BCUT2D eigenvalue weighted by molar-refractivity contribution is 5.62. The zero-order chi connectivity index (χ0) is 13.9. The quantitative estimate of drug-likeness (QED) is 0.918. The minimum atomic E-state index is 0.400. The molecule has 2 aromatic rings. The first kappa shape index (κ1) is 12.6. The molecule has 0 heterocycles. The van der Waals surface area contributed by atoms with Gasteiger partial charge < -0.3 is 10.1 Å². The van der Waals surface area contributed by atoms with Gasteiger partial charge in [0.1, 0.15) is 11.8 Å². The van der Waals surface area contributed by atoms with Gasteiger partial charge in [-0.2, -0.15) is 5.26 Å². The van der Waals surface area contributed by atoms with E-state index in [0.717, 1.165) is 17.9 Å². The zero-order valence-electron chi connectivity index (χ0n) is 11.3. The number of anilines is 1. The molecule has 0 amide bonds. The van der Waals surface area contributed by atoms with Crippen LogP contribution in [0.4, 0.5) is 5.69 Å². The molecule has 1 N–H and O–H groups in total. The summed E-state index contributed by atoms with van der Waals surface area (Å²) in [7, 11) is 1.63. The molecule has 2 atom stereocenters. The lowest BCUT2D eigenvalue weighted by molar-refractivity contribution is 0.415. The summed E-state index contributed by atoms with van der Waals surface area (Å²) in [6, 6.07) is 18.6. The van der Waals surface area contributed by atoms with Gasteiger partial charge in [-0.1, -0.05) is 30.3 Å². The highest BCUT2D eigenvalue weighted by Gasteiger charge is 2.38. The lowest BCUT2D eigenvalue weighted by atomic mass is 10.1. The third kappa shape index (κ3) is 2.46. The molecule has 2 aromatic carbocycles. The van der Waals surface area contributed by atoms with Crippen LogP contribution in [0.25, 0.3) is 0 Å². The second-order valence-corrected chi connectivity index (χ2v) is 5.03. The van der Waals surface area contributed by atoms with E-state index in [4.69, 9.17) is 10.00 Å². The fraction of sp³-hybridized carbons (Fsp3) is 0.235. The molecular weight excluding hydrogens is 248 g/mol. The minimum Gasteiger partial charge on any atom is -0.497 e. The van der Waals surface area contributed by atoms with Crippen LogP contribution in [0, 0.1) is 11.3 Å². The van der Waals surface area contributed by atoms with Crippen molar-refractivity contribution in [3.05, 3.63) is 59.7 Å². The lowest BCUT2D eigenvalue weighted by Gasteiger charge is -2.10. The summed E-state index contributed by atoms with van der Waals surface area (Å²) in [6.45, 7) is 0. The first-order valence-corrected chi connectivity index (χ1v) is 6.71. The van der Waals surface area contributed by atoms with Gasteiger partial charge in [0.05, 0.1) is 18.4 Å². The molecule has 100 valence electrons. The van der Waals surface area contributed by atoms with Crippen LogP contribution in [0.5, 0.6) is 5.75 Å². The molecule has 2 unspecified atom stereocenters. The van der Waals surface area contributed by atoms with Gasteiger partial charge in [-0.15, -0.1) is 0 Å². The van der Waals surface area contributed by atoms with Crippen LogP contribution in [-0.2, 0) is 0 Å². The molecule has 1 aliphatic carbocycles. The van der Waals surface area contributed by atoms with E-state index in [1.807, 2.05) is 18.2 Å². The summed E-state index contributed by atoms with van der Waals surface area (Å²) in [4.78, 5) is 0. The third-order valence-corrected chi connectivity index (χ3v) is 3.71. The number of nitrogens with one attached hydrogen (secondary N) is 1. The maximum Gasteiger partial charge on any atom is 0.121 e. The number of methoxy groups -OCH3 is 1. The summed E-state index contributed by atoms with van der Waals surface area (Å²) in [5.41, 5.74) is 2.87. The monoisotopic (exact) mass is 264 g/mol. The van der Waals surface area contributed by atoms with Crippen LogP contribution in [-0.4, -0.2) is 13.2 Å².